The summed E-state index contributed by atoms with van der Waals surface area (Å²) in [6.07, 6.45) is 2.48. The molecule has 120 valence electrons. The number of hydrogen-bond donors (Lipinski definition) is 0. The minimum Gasteiger partial charge on any atom is -0.379 e. The first-order chi connectivity index (χ1) is 10.5. The third-order valence-corrected chi connectivity index (χ3v) is 4.39. The van der Waals surface area contributed by atoms with Gasteiger partial charge in [-0.15, -0.1) is 6.58 Å². The van der Waals surface area contributed by atoms with Crippen molar-refractivity contribution in [2.45, 2.75) is 18.9 Å². The van der Waals surface area contributed by atoms with E-state index in [1.54, 1.807) is 0 Å². The van der Waals surface area contributed by atoms with E-state index in [2.05, 4.69) is 11.5 Å². The van der Waals surface area contributed by atoms with Gasteiger partial charge in [0.15, 0.2) is 5.78 Å². The molecule has 1 saturated heterocycles. The number of carbonyl (C=O) groups is 1. The maximum atomic E-state index is 13.1. The Morgan fingerprint density at radius 2 is 1.91 bits per heavy atom. The van der Waals surface area contributed by atoms with Crippen LogP contribution >= 0.6 is 0 Å². The summed E-state index contributed by atoms with van der Waals surface area (Å²) in [5.41, 5.74) is 1.29. The molecule has 1 atom stereocenters. The average Bonchev–Trinajstić information content (AvgIpc) is 2.55. The number of hydrogen-bond acceptors (Lipinski definition) is 4. The minimum absolute atomic E-state index is 0.152. The third kappa shape index (κ3) is 3.39. The molecule has 4 nitrogen and oxygen atoms in total. The summed E-state index contributed by atoms with van der Waals surface area (Å²) >= 11 is 0. The molecule has 0 bridgehead atoms. The zero-order chi connectivity index (χ0) is 16.2. The summed E-state index contributed by atoms with van der Waals surface area (Å²) in [5.74, 6) is 0.152. The van der Waals surface area contributed by atoms with Gasteiger partial charge in [0, 0.05) is 38.4 Å². The molecule has 1 heterocycles. The summed E-state index contributed by atoms with van der Waals surface area (Å²) in [7, 11) is 3.98. The molecule has 0 radical (unpaired) electrons. The molecule has 1 unspecified atom stereocenters. The zero-order valence-electron chi connectivity index (χ0n) is 13.8. The first kappa shape index (κ1) is 16.7. The van der Waals surface area contributed by atoms with Crippen molar-refractivity contribution < 1.29 is 9.53 Å². The maximum absolute atomic E-state index is 13.1. The number of rotatable bonds is 6. The Bertz CT molecular complexity index is 518. The van der Waals surface area contributed by atoms with Crippen molar-refractivity contribution in [1.82, 2.24) is 4.90 Å². The molecule has 1 fully saturated rings. The molecule has 0 spiro atoms. The number of ketones is 1. The molecule has 1 aliphatic heterocycles. The van der Waals surface area contributed by atoms with Gasteiger partial charge < -0.3 is 9.64 Å². The van der Waals surface area contributed by atoms with Gasteiger partial charge in [-0.3, -0.25) is 9.69 Å². The number of nitrogens with zero attached hydrogens (tertiary/aromatic N) is 2. The van der Waals surface area contributed by atoms with E-state index in [0.717, 1.165) is 24.3 Å². The highest BCUT2D eigenvalue weighted by molar-refractivity contribution is 6.03. The third-order valence-electron chi connectivity index (χ3n) is 4.39. The van der Waals surface area contributed by atoms with Crippen molar-refractivity contribution in [3.8, 4) is 0 Å². The van der Waals surface area contributed by atoms with Crippen LogP contribution in [0, 0.1) is 0 Å². The first-order valence-electron chi connectivity index (χ1n) is 7.75. The van der Waals surface area contributed by atoms with Crippen LogP contribution < -0.4 is 4.90 Å². The lowest BCUT2D eigenvalue weighted by Gasteiger charge is -2.41. The van der Waals surface area contributed by atoms with Crippen molar-refractivity contribution in [2.24, 2.45) is 0 Å². The Hall–Kier alpha value is -1.65. The van der Waals surface area contributed by atoms with Crippen LogP contribution in [-0.2, 0) is 4.74 Å². The van der Waals surface area contributed by atoms with Gasteiger partial charge in [0.2, 0.25) is 0 Å². The molecule has 1 aromatic rings. The molecule has 0 aromatic heterocycles. The van der Waals surface area contributed by atoms with Gasteiger partial charge in [0.1, 0.15) is 0 Å². The molecule has 1 aliphatic rings. The predicted molar refractivity (Wildman–Crippen MR) is 90.7 cm³/mol. The van der Waals surface area contributed by atoms with Gasteiger partial charge >= 0.3 is 0 Å². The van der Waals surface area contributed by atoms with Gasteiger partial charge in [-0.25, -0.2) is 0 Å². The lowest BCUT2D eigenvalue weighted by atomic mass is 9.85. The van der Waals surface area contributed by atoms with Crippen LogP contribution in [0.1, 0.15) is 23.7 Å². The molecule has 0 N–H and O–H groups in total. The largest absolute Gasteiger partial charge is 0.379 e. The lowest BCUT2D eigenvalue weighted by molar-refractivity contribution is -0.00871. The van der Waals surface area contributed by atoms with Crippen molar-refractivity contribution >= 4 is 11.5 Å². The molecule has 0 aliphatic carbocycles. The van der Waals surface area contributed by atoms with Gasteiger partial charge in [-0.1, -0.05) is 6.08 Å². The summed E-state index contributed by atoms with van der Waals surface area (Å²) in [5, 5.41) is 0. The number of carbonyl (C=O) groups excluding carboxylic acids is 1. The highest BCUT2D eigenvalue weighted by atomic mass is 16.5. The maximum Gasteiger partial charge on any atom is 0.183 e. The minimum atomic E-state index is -0.550. The summed E-state index contributed by atoms with van der Waals surface area (Å²) in [4.78, 5) is 17.3. The zero-order valence-corrected chi connectivity index (χ0v) is 13.8. The van der Waals surface area contributed by atoms with E-state index in [1.807, 2.05) is 56.3 Å². The van der Waals surface area contributed by atoms with Gasteiger partial charge in [0.05, 0.1) is 18.8 Å². The number of ether oxygens (including phenoxy) is 1. The van der Waals surface area contributed by atoms with Crippen LogP contribution in [0.5, 0.6) is 0 Å². The van der Waals surface area contributed by atoms with E-state index >= 15 is 0 Å². The van der Waals surface area contributed by atoms with Crippen LogP contribution in [0.25, 0.3) is 0 Å². The summed E-state index contributed by atoms with van der Waals surface area (Å²) in [6.45, 7) is 8.78. The Kier molecular flexibility index (Phi) is 5.37. The Balaban J connectivity index is 2.26. The fraction of sp³-hybridized carbons (Fsp3) is 0.500. The van der Waals surface area contributed by atoms with Crippen LogP contribution in [0.2, 0.25) is 0 Å². The van der Waals surface area contributed by atoms with Gasteiger partial charge in [0.25, 0.3) is 0 Å². The van der Waals surface area contributed by atoms with Crippen molar-refractivity contribution in [3.63, 3.8) is 0 Å². The number of anilines is 1. The van der Waals surface area contributed by atoms with Crippen molar-refractivity contribution in [3.05, 3.63) is 42.5 Å². The van der Waals surface area contributed by atoms with E-state index in [-0.39, 0.29) is 5.78 Å². The van der Waals surface area contributed by atoms with Gasteiger partial charge in [-0.2, -0.15) is 0 Å². The monoisotopic (exact) mass is 302 g/mol. The fourth-order valence-electron chi connectivity index (χ4n) is 2.93. The average molecular weight is 302 g/mol. The van der Waals surface area contributed by atoms with E-state index in [1.165, 1.54) is 0 Å². The first-order valence-corrected chi connectivity index (χ1v) is 7.75. The molecule has 22 heavy (non-hydrogen) atoms. The number of benzene rings is 1. The topological polar surface area (TPSA) is 32.8 Å². The second-order valence-electron chi connectivity index (χ2n) is 6.14. The second kappa shape index (κ2) is 7.07. The number of Topliss-reactive ketones (excluding diaryl/α,β-unsaturated/α-hetero) is 1. The summed E-state index contributed by atoms with van der Waals surface area (Å²) < 4.78 is 5.42. The lowest BCUT2D eigenvalue weighted by Crippen LogP contribution is -2.56. The molecule has 0 saturated carbocycles. The smallest absolute Gasteiger partial charge is 0.183 e. The van der Waals surface area contributed by atoms with E-state index < -0.39 is 5.54 Å². The molecular weight excluding hydrogens is 276 g/mol. The molecule has 2 rings (SSSR count). The normalized spacial score (nSPS) is 18.5. The molecule has 4 heteroatoms. The van der Waals surface area contributed by atoms with Crippen molar-refractivity contribution in [2.75, 3.05) is 45.3 Å². The Labute approximate surface area is 133 Å². The van der Waals surface area contributed by atoms with Crippen LogP contribution in [-0.4, -0.2) is 56.6 Å². The van der Waals surface area contributed by atoms with E-state index in [0.29, 0.717) is 19.6 Å². The van der Waals surface area contributed by atoms with Crippen LogP contribution in [0.15, 0.2) is 36.9 Å². The van der Waals surface area contributed by atoms with Crippen LogP contribution in [0.4, 0.5) is 5.69 Å². The Morgan fingerprint density at radius 3 is 2.41 bits per heavy atom. The molecule has 0 amide bonds. The number of morpholine rings is 1. The second-order valence-corrected chi connectivity index (χ2v) is 6.14. The molecular formula is C18H26N2O2. The predicted octanol–water partition coefficient (Wildman–Crippen LogP) is 2.60. The summed E-state index contributed by atoms with van der Waals surface area (Å²) in [6, 6.07) is 7.81. The van der Waals surface area contributed by atoms with Gasteiger partial charge in [-0.05, 0) is 37.6 Å². The SMILES string of the molecule is C=CCC(C)(C(=O)c1ccc(N(C)C)cc1)N1CCOCC1. The van der Waals surface area contributed by atoms with Crippen LogP contribution in [0.3, 0.4) is 0 Å². The van der Waals surface area contributed by atoms with Crippen molar-refractivity contribution in [1.29, 1.82) is 0 Å². The van der Waals surface area contributed by atoms with E-state index in [4.69, 9.17) is 4.74 Å². The fourth-order valence-corrected chi connectivity index (χ4v) is 2.93. The highest BCUT2D eigenvalue weighted by Crippen LogP contribution is 2.27. The Morgan fingerprint density at radius 1 is 1.32 bits per heavy atom. The molecule has 1 aromatic carbocycles. The standard InChI is InChI=1S/C18H26N2O2/c1-5-10-18(2,20-11-13-22-14-12-20)17(21)15-6-8-16(9-7-15)19(3)4/h5-9H,1,10-14H2,2-4H3. The quantitative estimate of drug-likeness (QED) is 0.597. The van der Waals surface area contributed by atoms with E-state index in [9.17, 15) is 4.79 Å². The highest BCUT2D eigenvalue weighted by Gasteiger charge is 2.39.